The highest BCUT2D eigenvalue weighted by Crippen LogP contribution is 2.33. The number of pyridine rings is 1. The number of hydrogen-bond acceptors (Lipinski definition) is 3. The first-order chi connectivity index (χ1) is 11.7. The Kier molecular flexibility index (Phi) is 3.63. The minimum Gasteiger partial charge on any atom is -0.392 e. The molecule has 4 aromatic rings. The van der Waals surface area contributed by atoms with E-state index in [1.54, 1.807) is 0 Å². The van der Waals surface area contributed by atoms with Crippen LogP contribution in [-0.4, -0.2) is 10.1 Å². The van der Waals surface area contributed by atoms with Crippen molar-refractivity contribution in [3.63, 3.8) is 0 Å². The van der Waals surface area contributed by atoms with Gasteiger partial charge in [-0.1, -0.05) is 42.5 Å². The molecule has 0 aliphatic rings. The van der Waals surface area contributed by atoms with Crippen molar-refractivity contribution in [3.8, 4) is 0 Å². The Morgan fingerprint density at radius 3 is 2.58 bits per heavy atom. The van der Waals surface area contributed by atoms with E-state index >= 15 is 0 Å². The average molecular weight is 314 g/mol. The number of aryl methyl sites for hydroxylation is 1. The molecule has 1 heterocycles. The van der Waals surface area contributed by atoms with Crippen molar-refractivity contribution in [1.29, 1.82) is 0 Å². The fourth-order valence-corrected chi connectivity index (χ4v) is 3.03. The van der Waals surface area contributed by atoms with E-state index in [1.165, 1.54) is 5.56 Å². The van der Waals surface area contributed by atoms with E-state index < -0.39 is 0 Å². The van der Waals surface area contributed by atoms with Gasteiger partial charge in [-0.15, -0.1) is 0 Å². The van der Waals surface area contributed by atoms with Crippen LogP contribution in [0.1, 0.15) is 11.1 Å². The Balaban J connectivity index is 1.96. The van der Waals surface area contributed by atoms with Gasteiger partial charge >= 0.3 is 0 Å². The summed E-state index contributed by atoms with van der Waals surface area (Å²) in [5.74, 6) is 0. The minimum atomic E-state index is 0.0343. The van der Waals surface area contributed by atoms with Crippen LogP contribution in [0.3, 0.4) is 0 Å². The number of aliphatic hydroxyl groups is 1. The van der Waals surface area contributed by atoms with E-state index in [1.807, 2.05) is 42.5 Å². The van der Waals surface area contributed by atoms with Crippen LogP contribution in [0.5, 0.6) is 0 Å². The zero-order valence-electron chi connectivity index (χ0n) is 13.5. The zero-order chi connectivity index (χ0) is 16.5. The van der Waals surface area contributed by atoms with Crippen LogP contribution in [0.2, 0.25) is 0 Å². The van der Waals surface area contributed by atoms with Crippen LogP contribution in [0.4, 0.5) is 11.4 Å². The summed E-state index contributed by atoms with van der Waals surface area (Å²) in [5.41, 5.74) is 6.04. The number of anilines is 2. The topological polar surface area (TPSA) is 45.1 Å². The summed E-state index contributed by atoms with van der Waals surface area (Å²) in [7, 11) is 0. The molecule has 0 amide bonds. The molecular weight excluding hydrogens is 296 g/mol. The summed E-state index contributed by atoms with van der Waals surface area (Å²) in [5, 5.41) is 15.1. The molecule has 0 saturated carbocycles. The van der Waals surface area contributed by atoms with Crippen molar-refractivity contribution in [2.75, 3.05) is 5.32 Å². The summed E-state index contributed by atoms with van der Waals surface area (Å²) >= 11 is 0. The molecule has 4 rings (SSSR count). The van der Waals surface area contributed by atoms with Gasteiger partial charge in [-0.3, -0.25) is 0 Å². The molecule has 0 spiro atoms. The Morgan fingerprint density at radius 1 is 0.875 bits per heavy atom. The second-order valence-corrected chi connectivity index (χ2v) is 6.01. The van der Waals surface area contributed by atoms with Gasteiger partial charge in [0.25, 0.3) is 0 Å². The summed E-state index contributed by atoms with van der Waals surface area (Å²) in [6, 6.07) is 22.3. The van der Waals surface area contributed by atoms with E-state index in [0.717, 1.165) is 38.7 Å². The lowest BCUT2D eigenvalue weighted by Crippen LogP contribution is -1.96. The van der Waals surface area contributed by atoms with Crippen LogP contribution in [0.25, 0.3) is 21.8 Å². The monoisotopic (exact) mass is 314 g/mol. The normalized spacial score (nSPS) is 11.1. The Bertz CT molecular complexity index is 1040. The molecule has 0 radical (unpaired) electrons. The van der Waals surface area contributed by atoms with Gasteiger partial charge in [0, 0.05) is 16.5 Å². The lowest BCUT2D eigenvalue weighted by atomic mass is 10.1. The zero-order valence-corrected chi connectivity index (χ0v) is 13.5. The highest BCUT2D eigenvalue weighted by molar-refractivity contribution is 6.08. The smallest absolute Gasteiger partial charge is 0.0733 e. The van der Waals surface area contributed by atoms with Gasteiger partial charge in [0.1, 0.15) is 0 Å². The molecule has 3 aromatic carbocycles. The van der Waals surface area contributed by atoms with Gasteiger partial charge in [0.15, 0.2) is 0 Å². The van der Waals surface area contributed by atoms with Gasteiger partial charge in [-0.2, -0.15) is 0 Å². The third-order valence-electron chi connectivity index (χ3n) is 4.22. The molecule has 24 heavy (non-hydrogen) atoms. The third-order valence-corrected chi connectivity index (χ3v) is 4.22. The second-order valence-electron chi connectivity index (χ2n) is 6.01. The number of rotatable bonds is 3. The summed E-state index contributed by atoms with van der Waals surface area (Å²) in [4.78, 5) is 4.79. The molecule has 0 unspecified atom stereocenters. The standard InChI is InChI=1S/C21H18N2O/c1-14-9-10-18-20(11-14)23-19-8-3-2-7-17(19)21(18)22-16-6-4-5-15(12-16)13-24/h2-12,24H,13H2,1H3,(H,22,23). The number of para-hydroxylation sites is 1. The molecule has 3 heteroatoms. The molecule has 0 fully saturated rings. The fraction of sp³-hybridized carbons (Fsp3) is 0.0952. The van der Waals surface area contributed by atoms with Crippen molar-refractivity contribution in [3.05, 3.63) is 77.9 Å². The number of aliphatic hydroxyl groups excluding tert-OH is 1. The first-order valence-corrected chi connectivity index (χ1v) is 8.00. The Morgan fingerprint density at radius 2 is 1.71 bits per heavy atom. The molecule has 3 nitrogen and oxygen atoms in total. The number of benzene rings is 3. The van der Waals surface area contributed by atoms with Gasteiger partial charge in [0.05, 0.1) is 23.3 Å². The van der Waals surface area contributed by atoms with Crippen molar-refractivity contribution < 1.29 is 5.11 Å². The second kappa shape index (κ2) is 5.95. The maximum atomic E-state index is 9.36. The highest BCUT2D eigenvalue weighted by atomic mass is 16.3. The van der Waals surface area contributed by atoms with Gasteiger partial charge in [0.2, 0.25) is 0 Å². The van der Waals surface area contributed by atoms with Crippen LogP contribution in [0, 0.1) is 6.92 Å². The van der Waals surface area contributed by atoms with Crippen LogP contribution < -0.4 is 5.32 Å². The Hall–Kier alpha value is -2.91. The van der Waals surface area contributed by atoms with Crippen molar-refractivity contribution in [1.82, 2.24) is 4.98 Å². The van der Waals surface area contributed by atoms with E-state index in [2.05, 4.69) is 36.5 Å². The van der Waals surface area contributed by atoms with Crippen LogP contribution >= 0.6 is 0 Å². The van der Waals surface area contributed by atoms with Gasteiger partial charge in [-0.05, 0) is 42.3 Å². The third kappa shape index (κ3) is 2.59. The first kappa shape index (κ1) is 14.7. The van der Waals surface area contributed by atoms with Gasteiger partial charge in [-0.25, -0.2) is 4.98 Å². The van der Waals surface area contributed by atoms with E-state index in [0.29, 0.717) is 0 Å². The highest BCUT2D eigenvalue weighted by Gasteiger charge is 2.09. The van der Waals surface area contributed by atoms with E-state index in [-0.39, 0.29) is 6.61 Å². The van der Waals surface area contributed by atoms with Crippen LogP contribution in [-0.2, 0) is 6.61 Å². The molecule has 0 atom stereocenters. The summed E-state index contributed by atoms with van der Waals surface area (Å²) in [6.45, 7) is 2.11. The number of nitrogens with zero attached hydrogens (tertiary/aromatic N) is 1. The molecule has 0 bridgehead atoms. The number of aromatic nitrogens is 1. The maximum absolute atomic E-state index is 9.36. The first-order valence-electron chi connectivity index (χ1n) is 8.00. The fourth-order valence-electron chi connectivity index (χ4n) is 3.03. The molecular formula is C21H18N2O. The maximum Gasteiger partial charge on any atom is 0.0733 e. The quantitative estimate of drug-likeness (QED) is 0.527. The van der Waals surface area contributed by atoms with Crippen molar-refractivity contribution >= 4 is 33.2 Å². The molecule has 2 N–H and O–H groups in total. The Labute approximate surface area is 140 Å². The number of nitrogens with one attached hydrogen (secondary N) is 1. The number of hydrogen-bond donors (Lipinski definition) is 2. The molecule has 118 valence electrons. The van der Waals surface area contributed by atoms with Crippen molar-refractivity contribution in [2.45, 2.75) is 13.5 Å². The van der Waals surface area contributed by atoms with E-state index in [9.17, 15) is 5.11 Å². The molecule has 0 aliphatic carbocycles. The molecule has 0 aliphatic heterocycles. The van der Waals surface area contributed by atoms with E-state index in [4.69, 9.17) is 4.98 Å². The molecule has 1 aromatic heterocycles. The lowest BCUT2D eigenvalue weighted by Gasteiger charge is -2.14. The predicted molar refractivity (Wildman–Crippen MR) is 99.6 cm³/mol. The predicted octanol–water partition coefficient (Wildman–Crippen LogP) is 4.93. The minimum absolute atomic E-state index is 0.0343. The molecule has 0 saturated heterocycles. The average Bonchev–Trinajstić information content (AvgIpc) is 2.61. The largest absolute Gasteiger partial charge is 0.392 e. The summed E-state index contributed by atoms with van der Waals surface area (Å²) in [6.07, 6.45) is 0. The number of fused-ring (bicyclic) bond motifs is 2. The van der Waals surface area contributed by atoms with Crippen LogP contribution in [0.15, 0.2) is 66.7 Å². The SMILES string of the molecule is Cc1ccc2c(Nc3cccc(CO)c3)c3ccccc3nc2c1. The van der Waals surface area contributed by atoms with Crippen molar-refractivity contribution in [2.24, 2.45) is 0 Å². The lowest BCUT2D eigenvalue weighted by molar-refractivity contribution is 0.282. The van der Waals surface area contributed by atoms with Gasteiger partial charge < -0.3 is 10.4 Å². The summed E-state index contributed by atoms with van der Waals surface area (Å²) < 4.78 is 0.